The van der Waals surface area contributed by atoms with E-state index in [2.05, 4.69) is 17.9 Å². The zero-order valence-corrected chi connectivity index (χ0v) is 11.6. The first kappa shape index (κ1) is 18.2. The Balaban J connectivity index is 4.70. The maximum absolute atomic E-state index is 11.8. The van der Waals surface area contributed by atoms with Crippen molar-refractivity contribution in [3.63, 3.8) is 0 Å². The summed E-state index contributed by atoms with van der Waals surface area (Å²) in [5.41, 5.74) is 5.31. The van der Waals surface area contributed by atoms with Gasteiger partial charge in [0.25, 0.3) is 0 Å². The lowest BCUT2D eigenvalue weighted by Crippen LogP contribution is -2.55. The van der Waals surface area contributed by atoms with Crippen molar-refractivity contribution in [1.82, 2.24) is 10.6 Å². The summed E-state index contributed by atoms with van der Waals surface area (Å²) < 4.78 is 0. The third-order valence-electron chi connectivity index (χ3n) is 2.22. The quantitative estimate of drug-likeness (QED) is 0.277. The highest BCUT2D eigenvalue weighted by molar-refractivity contribution is 7.80. The van der Waals surface area contributed by atoms with Gasteiger partial charge >= 0.3 is 11.9 Å². The van der Waals surface area contributed by atoms with Gasteiger partial charge in [-0.05, 0) is 6.92 Å². The Labute approximate surface area is 120 Å². The van der Waals surface area contributed by atoms with Gasteiger partial charge in [0.1, 0.15) is 12.1 Å². The topological polar surface area (TPSA) is 159 Å². The van der Waals surface area contributed by atoms with E-state index < -0.39 is 48.3 Å². The molecule has 0 aromatic rings. The monoisotopic (exact) mass is 307 g/mol. The highest BCUT2D eigenvalue weighted by Crippen LogP contribution is 1.97. The van der Waals surface area contributed by atoms with E-state index in [0.717, 1.165) is 0 Å². The molecule has 0 aromatic heterocycles. The molecule has 0 spiro atoms. The van der Waals surface area contributed by atoms with Crippen molar-refractivity contribution in [1.29, 1.82) is 0 Å². The minimum Gasteiger partial charge on any atom is -0.481 e. The van der Waals surface area contributed by atoms with Crippen LogP contribution >= 0.6 is 12.6 Å². The van der Waals surface area contributed by atoms with E-state index in [1.807, 2.05) is 5.32 Å². The minimum atomic E-state index is -1.59. The lowest BCUT2D eigenvalue weighted by Gasteiger charge is -2.20. The molecule has 0 aromatic carbocycles. The van der Waals surface area contributed by atoms with Gasteiger partial charge in [0.05, 0.1) is 12.5 Å². The van der Waals surface area contributed by atoms with Gasteiger partial charge in [-0.25, -0.2) is 4.79 Å². The van der Waals surface area contributed by atoms with Crippen LogP contribution in [0.5, 0.6) is 0 Å². The maximum Gasteiger partial charge on any atom is 0.326 e. The standard InChI is InChI=1S/C10H17N3O6S/c1-4(11)8(16)13-6(3-20)9(17)12-5(10(18)19)2-7(14)15/h4-6,20H,2-3,11H2,1H3,(H,12,17)(H,13,16)(H,14,15)(H,18,19). The van der Waals surface area contributed by atoms with Gasteiger partial charge in [-0.2, -0.15) is 12.6 Å². The van der Waals surface area contributed by atoms with E-state index in [-0.39, 0.29) is 5.75 Å². The van der Waals surface area contributed by atoms with Gasteiger partial charge in [0.15, 0.2) is 0 Å². The summed E-state index contributed by atoms with van der Waals surface area (Å²) in [7, 11) is 0. The molecule has 0 aliphatic carbocycles. The van der Waals surface area contributed by atoms with Crippen LogP contribution in [0, 0.1) is 0 Å². The van der Waals surface area contributed by atoms with E-state index >= 15 is 0 Å². The smallest absolute Gasteiger partial charge is 0.326 e. The van der Waals surface area contributed by atoms with Gasteiger partial charge in [-0.15, -0.1) is 0 Å². The molecule has 3 atom stereocenters. The number of rotatable bonds is 8. The second-order valence-corrected chi connectivity index (χ2v) is 4.39. The zero-order valence-electron chi connectivity index (χ0n) is 10.7. The molecule has 10 heteroatoms. The Kier molecular flexibility index (Phi) is 7.62. The number of amides is 2. The molecular formula is C10H17N3O6S. The molecule has 9 nitrogen and oxygen atoms in total. The molecule has 0 heterocycles. The van der Waals surface area contributed by atoms with Crippen molar-refractivity contribution in [3.8, 4) is 0 Å². The number of hydrogen-bond acceptors (Lipinski definition) is 6. The summed E-state index contributed by atoms with van der Waals surface area (Å²) in [6, 6.07) is -3.54. The molecule has 0 aliphatic rings. The second kappa shape index (κ2) is 8.38. The first-order valence-electron chi connectivity index (χ1n) is 5.60. The Bertz CT molecular complexity index is 400. The number of aliphatic carboxylic acids is 2. The summed E-state index contributed by atoms with van der Waals surface area (Å²) in [6.07, 6.45) is -0.776. The molecule has 0 saturated heterocycles. The van der Waals surface area contributed by atoms with Crippen molar-refractivity contribution in [2.45, 2.75) is 31.5 Å². The van der Waals surface area contributed by atoms with Crippen molar-refractivity contribution in [2.24, 2.45) is 5.73 Å². The first-order chi connectivity index (χ1) is 9.18. The summed E-state index contributed by atoms with van der Waals surface area (Å²) in [4.78, 5) is 44.4. The molecule has 0 bridgehead atoms. The van der Waals surface area contributed by atoms with Crippen molar-refractivity contribution >= 4 is 36.4 Å². The molecule has 0 aliphatic heterocycles. The van der Waals surface area contributed by atoms with E-state index in [4.69, 9.17) is 15.9 Å². The summed E-state index contributed by atoms with van der Waals surface area (Å²) in [6.45, 7) is 1.41. The first-order valence-corrected chi connectivity index (χ1v) is 6.24. The molecule has 0 rings (SSSR count). The van der Waals surface area contributed by atoms with Crippen LogP contribution < -0.4 is 16.4 Å². The molecule has 20 heavy (non-hydrogen) atoms. The van der Waals surface area contributed by atoms with E-state index in [9.17, 15) is 19.2 Å². The van der Waals surface area contributed by atoms with Crippen LogP contribution in [-0.2, 0) is 19.2 Å². The van der Waals surface area contributed by atoms with Gasteiger partial charge < -0.3 is 26.6 Å². The van der Waals surface area contributed by atoms with Crippen LogP contribution in [0.2, 0.25) is 0 Å². The third kappa shape index (κ3) is 6.38. The maximum atomic E-state index is 11.8. The minimum absolute atomic E-state index is 0.0935. The fraction of sp³-hybridized carbons (Fsp3) is 0.600. The molecule has 0 fully saturated rings. The number of carbonyl (C=O) groups excluding carboxylic acids is 2. The summed E-state index contributed by atoms with van der Waals surface area (Å²) in [5, 5.41) is 21.6. The molecule has 2 amide bonds. The average molecular weight is 307 g/mol. The van der Waals surface area contributed by atoms with Crippen molar-refractivity contribution < 1.29 is 29.4 Å². The van der Waals surface area contributed by atoms with Crippen LogP contribution in [0.4, 0.5) is 0 Å². The highest BCUT2D eigenvalue weighted by Gasteiger charge is 2.27. The summed E-state index contributed by atoms with van der Waals surface area (Å²) in [5.74, 6) is -4.41. The Morgan fingerprint density at radius 2 is 1.60 bits per heavy atom. The van der Waals surface area contributed by atoms with Crippen LogP contribution in [0.25, 0.3) is 0 Å². The Morgan fingerprint density at radius 3 is 1.95 bits per heavy atom. The zero-order chi connectivity index (χ0) is 15.9. The van der Waals surface area contributed by atoms with Crippen molar-refractivity contribution in [3.05, 3.63) is 0 Å². The van der Waals surface area contributed by atoms with Gasteiger partial charge in [0.2, 0.25) is 11.8 Å². The normalized spacial score (nSPS) is 14.8. The van der Waals surface area contributed by atoms with E-state index in [0.29, 0.717) is 0 Å². The summed E-state index contributed by atoms with van der Waals surface area (Å²) >= 11 is 3.86. The second-order valence-electron chi connectivity index (χ2n) is 4.03. The molecule has 0 saturated carbocycles. The lowest BCUT2D eigenvalue weighted by atomic mass is 10.2. The number of carboxylic acid groups (broad SMARTS) is 2. The van der Waals surface area contributed by atoms with Gasteiger partial charge in [0, 0.05) is 5.75 Å². The van der Waals surface area contributed by atoms with Crippen LogP contribution in [0.3, 0.4) is 0 Å². The van der Waals surface area contributed by atoms with Gasteiger partial charge in [-0.1, -0.05) is 0 Å². The Hall–Kier alpha value is -1.81. The predicted molar refractivity (Wildman–Crippen MR) is 71.3 cm³/mol. The van der Waals surface area contributed by atoms with Crippen molar-refractivity contribution in [2.75, 3.05) is 5.75 Å². The van der Waals surface area contributed by atoms with Crippen LogP contribution in [0.1, 0.15) is 13.3 Å². The Morgan fingerprint density at radius 1 is 1.10 bits per heavy atom. The van der Waals surface area contributed by atoms with Crippen LogP contribution in [0.15, 0.2) is 0 Å². The number of nitrogens with one attached hydrogen (secondary N) is 2. The van der Waals surface area contributed by atoms with E-state index in [1.165, 1.54) is 6.92 Å². The molecule has 6 N–H and O–H groups in total. The third-order valence-corrected chi connectivity index (χ3v) is 2.59. The van der Waals surface area contributed by atoms with E-state index in [1.54, 1.807) is 0 Å². The molecular weight excluding hydrogens is 290 g/mol. The molecule has 0 radical (unpaired) electrons. The number of carbonyl (C=O) groups is 4. The number of nitrogens with two attached hydrogens (primary N) is 1. The molecule has 114 valence electrons. The fourth-order valence-corrected chi connectivity index (χ4v) is 1.40. The predicted octanol–water partition coefficient (Wildman–Crippen LogP) is -2.21. The largest absolute Gasteiger partial charge is 0.481 e. The average Bonchev–Trinajstić information content (AvgIpc) is 2.33. The number of thiol groups is 1. The molecule has 3 unspecified atom stereocenters. The SMILES string of the molecule is CC(N)C(=O)NC(CS)C(=O)NC(CC(=O)O)C(=O)O. The lowest BCUT2D eigenvalue weighted by molar-refractivity contribution is -0.147. The highest BCUT2D eigenvalue weighted by atomic mass is 32.1. The number of hydrogen-bond donors (Lipinski definition) is 6. The van der Waals surface area contributed by atoms with Gasteiger partial charge in [-0.3, -0.25) is 14.4 Å². The fourth-order valence-electron chi connectivity index (χ4n) is 1.14. The number of carboxylic acids is 2. The van der Waals surface area contributed by atoms with Crippen LogP contribution in [-0.4, -0.2) is 57.8 Å².